The second-order valence-electron chi connectivity index (χ2n) is 6.99. The predicted molar refractivity (Wildman–Crippen MR) is 97.0 cm³/mol. The van der Waals surface area contributed by atoms with Crippen LogP contribution in [-0.2, 0) is 4.79 Å². The molecule has 4 heterocycles. The molecule has 2 aliphatic rings. The fraction of sp³-hybridized carbons (Fsp3) is 0.588. The molecule has 2 aliphatic heterocycles. The Balaban J connectivity index is 1.50. The predicted octanol–water partition coefficient (Wildman–Crippen LogP) is 1.37. The number of hydrogen-bond acceptors (Lipinski definition) is 5. The zero-order valence-corrected chi connectivity index (χ0v) is 15.2. The van der Waals surface area contributed by atoms with Crippen molar-refractivity contribution in [2.45, 2.75) is 12.8 Å². The van der Waals surface area contributed by atoms with Gasteiger partial charge in [0.05, 0.1) is 10.9 Å². The molecule has 0 aromatic carbocycles. The molecule has 7 nitrogen and oxygen atoms in total. The molecule has 1 atom stereocenters. The summed E-state index contributed by atoms with van der Waals surface area (Å²) in [6, 6.07) is 3.67. The Kier molecular flexibility index (Phi) is 4.52. The van der Waals surface area contributed by atoms with Gasteiger partial charge in [-0.05, 0) is 32.0 Å². The molecule has 2 aromatic heterocycles. The summed E-state index contributed by atoms with van der Waals surface area (Å²) in [6.45, 7) is 5.15. The first-order valence-corrected chi connectivity index (χ1v) is 9.22. The molecule has 0 spiro atoms. The highest BCUT2D eigenvalue weighted by Crippen LogP contribution is 2.25. The Morgan fingerprint density at radius 3 is 2.76 bits per heavy atom. The Morgan fingerprint density at radius 1 is 1.16 bits per heavy atom. The van der Waals surface area contributed by atoms with Crippen LogP contribution in [0.2, 0.25) is 5.02 Å². The van der Waals surface area contributed by atoms with Gasteiger partial charge < -0.3 is 14.7 Å². The first-order valence-electron chi connectivity index (χ1n) is 8.84. The lowest BCUT2D eigenvalue weighted by Crippen LogP contribution is -2.51. The number of halogens is 1. The first kappa shape index (κ1) is 16.6. The maximum absolute atomic E-state index is 12.9. The molecule has 0 unspecified atom stereocenters. The summed E-state index contributed by atoms with van der Waals surface area (Å²) in [5.41, 5.74) is 0.770. The van der Waals surface area contributed by atoms with E-state index in [4.69, 9.17) is 11.6 Å². The van der Waals surface area contributed by atoms with E-state index in [1.54, 1.807) is 0 Å². The van der Waals surface area contributed by atoms with Gasteiger partial charge >= 0.3 is 0 Å². The van der Waals surface area contributed by atoms with E-state index in [0.717, 1.165) is 57.2 Å². The summed E-state index contributed by atoms with van der Waals surface area (Å²) < 4.78 is 1.91. The highest BCUT2D eigenvalue weighted by Gasteiger charge is 2.32. The number of carbonyl (C=O) groups excluding carboxylic acids is 1. The zero-order chi connectivity index (χ0) is 17.4. The summed E-state index contributed by atoms with van der Waals surface area (Å²) in [6.07, 6.45) is 3.76. The number of likely N-dealkylation sites (N-methyl/N-ethyl adjacent to an activating group) is 1. The number of amides is 1. The van der Waals surface area contributed by atoms with Crippen LogP contribution in [0.5, 0.6) is 0 Å². The average molecular weight is 363 g/mol. The van der Waals surface area contributed by atoms with E-state index in [1.165, 1.54) is 0 Å². The molecule has 25 heavy (non-hydrogen) atoms. The minimum atomic E-state index is 0.0312. The second kappa shape index (κ2) is 6.80. The number of anilines is 1. The highest BCUT2D eigenvalue weighted by molar-refractivity contribution is 6.30. The number of fused-ring (bicyclic) bond motifs is 1. The molecule has 0 radical (unpaired) electrons. The van der Waals surface area contributed by atoms with Crippen LogP contribution in [0.1, 0.15) is 12.8 Å². The number of piperidine rings is 1. The number of nitrogens with zero attached hydrogens (tertiary/aromatic N) is 6. The summed E-state index contributed by atoms with van der Waals surface area (Å²) >= 11 is 6.12. The second-order valence-corrected chi connectivity index (χ2v) is 7.43. The Hall–Kier alpha value is -1.86. The topological polar surface area (TPSA) is 57.0 Å². The molecule has 0 N–H and O–H groups in total. The van der Waals surface area contributed by atoms with E-state index >= 15 is 0 Å². The number of piperazine rings is 1. The van der Waals surface area contributed by atoms with E-state index < -0.39 is 0 Å². The maximum atomic E-state index is 12.9. The molecule has 4 rings (SSSR count). The van der Waals surface area contributed by atoms with Crippen molar-refractivity contribution in [1.82, 2.24) is 24.4 Å². The molecule has 2 saturated heterocycles. The van der Waals surface area contributed by atoms with Gasteiger partial charge in [-0.1, -0.05) is 11.6 Å². The van der Waals surface area contributed by atoms with E-state index in [2.05, 4.69) is 27.0 Å². The molecular weight excluding hydrogens is 340 g/mol. The Labute approximate surface area is 152 Å². The number of carbonyl (C=O) groups is 1. The third kappa shape index (κ3) is 3.30. The van der Waals surface area contributed by atoms with Gasteiger partial charge in [0, 0.05) is 45.5 Å². The van der Waals surface area contributed by atoms with Crippen LogP contribution in [0.3, 0.4) is 0 Å². The summed E-state index contributed by atoms with van der Waals surface area (Å²) in [4.78, 5) is 19.4. The Morgan fingerprint density at radius 2 is 1.96 bits per heavy atom. The monoisotopic (exact) mass is 362 g/mol. The van der Waals surface area contributed by atoms with Gasteiger partial charge in [-0.2, -0.15) is 0 Å². The van der Waals surface area contributed by atoms with Crippen molar-refractivity contribution in [2.24, 2.45) is 5.92 Å². The summed E-state index contributed by atoms with van der Waals surface area (Å²) in [5.74, 6) is 1.08. The van der Waals surface area contributed by atoms with Crippen molar-refractivity contribution < 1.29 is 4.79 Å². The smallest absolute Gasteiger partial charge is 0.231 e. The van der Waals surface area contributed by atoms with E-state index in [0.29, 0.717) is 11.6 Å². The Bertz CT molecular complexity index is 770. The molecule has 8 heteroatoms. The minimum Gasteiger partial charge on any atom is -0.340 e. The lowest BCUT2D eigenvalue weighted by atomic mass is 9.96. The minimum absolute atomic E-state index is 0.0312. The SMILES string of the molecule is CN1CCN(C(=O)[C@@H]2CCCN(c3nnc4ccc(Cl)cn34)C2)CC1. The van der Waals surface area contributed by atoms with Crippen molar-refractivity contribution >= 4 is 29.1 Å². The maximum Gasteiger partial charge on any atom is 0.231 e. The fourth-order valence-corrected chi connectivity index (χ4v) is 3.87. The largest absolute Gasteiger partial charge is 0.340 e. The van der Waals surface area contributed by atoms with Crippen LogP contribution in [0.15, 0.2) is 18.3 Å². The van der Waals surface area contributed by atoms with Crippen molar-refractivity contribution in [3.05, 3.63) is 23.4 Å². The molecule has 2 aromatic rings. The molecular formula is C17H23ClN6O. The lowest BCUT2D eigenvalue weighted by molar-refractivity contribution is -0.137. The molecule has 1 amide bonds. The van der Waals surface area contributed by atoms with Crippen molar-refractivity contribution in [1.29, 1.82) is 0 Å². The van der Waals surface area contributed by atoms with Crippen molar-refractivity contribution in [3.8, 4) is 0 Å². The molecule has 134 valence electrons. The summed E-state index contributed by atoms with van der Waals surface area (Å²) in [7, 11) is 2.10. The molecule has 0 aliphatic carbocycles. The third-order valence-corrected chi connectivity index (χ3v) is 5.44. The molecule has 0 saturated carbocycles. The van der Waals surface area contributed by atoms with Crippen LogP contribution < -0.4 is 4.90 Å². The van der Waals surface area contributed by atoms with Gasteiger partial charge in [-0.3, -0.25) is 9.20 Å². The normalized spacial score (nSPS) is 22.6. The number of aromatic nitrogens is 3. The van der Waals surface area contributed by atoms with Crippen LogP contribution in [-0.4, -0.2) is 76.6 Å². The molecule has 0 bridgehead atoms. The fourth-order valence-electron chi connectivity index (χ4n) is 3.71. The number of rotatable bonds is 2. The summed E-state index contributed by atoms with van der Waals surface area (Å²) in [5, 5.41) is 9.19. The van der Waals surface area contributed by atoms with E-state index in [9.17, 15) is 4.79 Å². The zero-order valence-electron chi connectivity index (χ0n) is 14.4. The van der Waals surface area contributed by atoms with E-state index in [1.807, 2.05) is 27.6 Å². The van der Waals surface area contributed by atoms with Crippen LogP contribution in [0.4, 0.5) is 5.95 Å². The van der Waals surface area contributed by atoms with Gasteiger partial charge in [0.15, 0.2) is 5.65 Å². The van der Waals surface area contributed by atoms with Gasteiger partial charge in [0.1, 0.15) is 0 Å². The van der Waals surface area contributed by atoms with Gasteiger partial charge in [-0.15, -0.1) is 10.2 Å². The van der Waals surface area contributed by atoms with Crippen molar-refractivity contribution in [3.63, 3.8) is 0 Å². The number of pyridine rings is 1. The van der Waals surface area contributed by atoms with Gasteiger partial charge in [0.2, 0.25) is 11.9 Å². The lowest BCUT2D eigenvalue weighted by Gasteiger charge is -2.38. The van der Waals surface area contributed by atoms with Gasteiger partial charge in [-0.25, -0.2) is 0 Å². The average Bonchev–Trinajstić information content (AvgIpc) is 3.05. The van der Waals surface area contributed by atoms with Crippen LogP contribution in [0.25, 0.3) is 5.65 Å². The quantitative estimate of drug-likeness (QED) is 0.807. The standard InChI is InChI=1S/C17H23ClN6O/c1-21-7-9-22(10-8-21)16(25)13-3-2-6-23(11-13)17-20-19-15-5-4-14(18)12-24(15)17/h4-5,12-13H,2-3,6-11H2,1H3/t13-/m1/s1. The number of hydrogen-bond donors (Lipinski definition) is 0. The van der Waals surface area contributed by atoms with Crippen LogP contribution in [0, 0.1) is 5.92 Å². The van der Waals surface area contributed by atoms with E-state index in [-0.39, 0.29) is 11.8 Å². The van der Waals surface area contributed by atoms with Crippen LogP contribution >= 0.6 is 11.6 Å². The van der Waals surface area contributed by atoms with Gasteiger partial charge in [0.25, 0.3) is 0 Å². The highest BCUT2D eigenvalue weighted by atomic mass is 35.5. The van der Waals surface area contributed by atoms with Crippen molar-refractivity contribution in [2.75, 3.05) is 51.2 Å². The molecule has 2 fully saturated rings. The third-order valence-electron chi connectivity index (χ3n) is 5.22. The first-order chi connectivity index (χ1) is 12.1.